The van der Waals surface area contributed by atoms with E-state index in [2.05, 4.69) is 5.32 Å². The minimum atomic E-state index is -0.313. The molecule has 0 aliphatic heterocycles. The number of halogens is 1. The summed E-state index contributed by atoms with van der Waals surface area (Å²) in [5.74, 6) is 0.280. The van der Waals surface area contributed by atoms with E-state index in [1.807, 2.05) is 25.3 Å². The summed E-state index contributed by atoms with van der Waals surface area (Å²) in [7, 11) is 0. The van der Waals surface area contributed by atoms with Crippen LogP contribution in [0.5, 0.6) is 5.75 Å². The van der Waals surface area contributed by atoms with Gasteiger partial charge in [-0.05, 0) is 85.7 Å². The molecule has 1 aliphatic carbocycles. The van der Waals surface area contributed by atoms with Crippen molar-refractivity contribution in [3.8, 4) is 5.75 Å². The number of benzene rings is 2. The molecule has 1 aromatic heterocycles. The largest absolute Gasteiger partial charge is 0.494 e. The van der Waals surface area contributed by atoms with Gasteiger partial charge in [0.1, 0.15) is 18.1 Å². The molecular formula is C27H30FN3O3S. The lowest BCUT2D eigenvalue weighted by molar-refractivity contribution is -0.133. The van der Waals surface area contributed by atoms with E-state index in [-0.39, 0.29) is 30.3 Å². The number of amides is 3. The third-order valence-corrected chi connectivity index (χ3v) is 6.92. The Hall–Kier alpha value is -3.39. The smallest absolute Gasteiger partial charge is 0.322 e. The Kier molecular flexibility index (Phi) is 8.02. The number of nitrogens with zero attached hydrogens (tertiary/aromatic N) is 2. The summed E-state index contributed by atoms with van der Waals surface area (Å²) in [4.78, 5) is 31.0. The van der Waals surface area contributed by atoms with Crippen LogP contribution in [0.15, 0.2) is 60.0 Å². The number of hydrogen-bond acceptors (Lipinski definition) is 4. The van der Waals surface area contributed by atoms with Crippen molar-refractivity contribution >= 4 is 29.0 Å². The van der Waals surface area contributed by atoms with Crippen molar-refractivity contribution in [2.45, 2.75) is 45.8 Å². The van der Waals surface area contributed by atoms with Crippen LogP contribution in [0.1, 0.15) is 35.8 Å². The van der Waals surface area contributed by atoms with Crippen LogP contribution in [0.2, 0.25) is 0 Å². The lowest BCUT2D eigenvalue weighted by atomic mass is 10.2. The van der Waals surface area contributed by atoms with E-state index in [9.17, 15) is 14.0 Å². The maximum absolute atomic E-state index is 13.5. The first-order valence-corrected chi connectivity index (χ1v) is 12.7. The third kappa shape index (κ3) is 6.82. The molecule has 0 bridgehead atoms. The molecule has 3 amide bonds. The summed E-state index contributed by atoms with van der Waals surface area (Å²) in [6.45, 7) is 5.28. The molecule has 1 fully saturated rings. The van der Waals surface area contributed by atoms with Crippen LogP contribution < -0.4 is 10.1 Å². The maximum atomic E-state index is 13.5. The van der Waals surface area contributed by atoms with Gasteiger partial charge in [0.2, 0.25) is 5.91 Å². The first kappa shape index (κ1) is 24.7. The summed E-state index contributed by atoms with van der Waals surface area (Å²) < 4.78 is 18.9. The van der Waals surface area contributed by atoms with Gasteiger partial charge in [-0.3, -0.25) is 4.79 Å². The van der Waals surface area contributed by atoms with Crippen LogP contribution in [0.3, 0.4) is 0 Å². The molecule has 0 unspecified atom stereocenters. The van der Waals surface area contributed by atoms with Gasteiger partial charge in [-0.25, -0.2) is 9.18 Å². The minimum absolute atomic E-state index is 0.0147. The zero-order valence-electron chi connectivity index (χ0n) is 20.0. The molecule has 8 heteroatoms. The highest BCUT2D eigenvalue weighted by Crippen LogP contribution is 2.28. The SMILES string of the molecule is CCOc1ccc(NC(=O)N(CC(=O)N(Cc2ccc(F)cc2)Cc2sccc2C)C2CC2)cc1. The predicted molar refractivity (Wildman–Crippen MR) is 136 cm³/mol. The molecule has 0 radical (unpaired) electrons. The highest BCUT2D eigenvalue weighted by molar-refractivity contribution is 7.10. The fraction of sp³-hybridized carbons (Fsp3) is 0.333. The second-order valence-corrected chi connectivity index (χ2v) is 9.65. The van der Waals surface area contributed by atoms with E-state index in [0.717, 1.165) is 34.6 Å². The Morgan fingerprint density at radius 2 is 1.77 bits per heavy atom. The van der Waals surface area contributed by atoms with Gasteiger partial charge in [0.25, 0.3) is 0 Å². The molecule has 1 heterocycles. The minimum Gasteiger partial charge on any atom is -0.494 e. The van der Waals surface area contributed by atoms with Crippen molar-refractivity contribution in [3.63, 3.8) is 0 Å². The van der Waals surface area contributed by atoms with Gasteiger partial charge in [0.05, 0.1) is 13.2 Å². The molecule has 3 aromatic rings. The Morgan fingerprint density at radius 3 is 2.37 bits per heavy atom. The maximum Gasteiger partial charge on any atom is 0.322 e. The first-order chi connectivity index (χ1) is 16.9. The van der Waals surface area contributed by atoms with Crippen LogP contribution in [-0.4, -0.2) is 40.9 Å². The average Bonchev–Trinajstić information content (AvgIpc) is 3.61. The Morgan fingerprint density at radius 1 is 1.06 bits per heavy atom. The highest BCUT2D eigenvalue weighted by atomic mass is 32.1. The van der Waals surface area contributed by atoms with Crippen LogP contribution in [0.4, 0.5) is 14.9 Å². The third-order valence-electron chi connectivity index (χ3n) is 5.91. The Bertz CT molecular complexity index is 1140. The van der Waals surface area contributed by atoms with E-state index < -0.39 is 0 Å². The molecule has 0 spiro atoms. The second-order valence-electron chi connectivity index (χ2n) is 8.65. The lowest BCUT2D eigenvalue weighted by Crippen LogP contribution is -2.45. The van der Waals surface area contributed by atoms with E-state index in [1.165, 1.54) is 12.1 Å². The number of thiophene rings is 1. The molecule has 1 N–H and O–H groups in total. The zero-order valence-corrected chi connectivity index (χ0v) is 20.8. The van der Waals surface area contributed by atoms with Crippen molar-refractivity contribution in [2.24, 2.45) is 0 Å². The normalized spacial score (nSPS) is 12.8. The monoisotopic (exact) mass is 495 g/mol. The fourth-order valence-corrected chi connectivity index (χ4v) is 4.70. The number of aryl methyl sites for hydroxylation is 1. The number of hydrogen-bond donors (Lipinski definition) is 1. The topological polar surface area (TPSA) is 61.9 Å². The van der Waals surface area contributed by atoms with Gasteiger partial charge in [-0.1, -0.05) is 12.1 Å². The summed E-state index contributed by atoms with van der Waals surface area (Å²) in [5.41, 5.74) is 2.61. The second kappa shape index (κ2) is 11.4. The molecule has 1 saturated carbocycles. The summed E-state index contributed by atoms with van der Waals surface area (Å²) in [6.07, 6.45) is 1.76. The zero-order chi connectivity index (χ0) is 24.8. The molecule has 1 aliphatic rings. The fourth-order valence-electron chi connectivity index (χ4n) is 3.78. The van der Waals surface area contributed by atoms with Crippen LogP contribution in [0.25, 0.3) is 0 Å². The summed E-state index contributed by atoms with van der Waals surface area (Å²) >= 11 is 1.60. The molecule has 35 heavy (non-hydrogen) atoms. The van der Waals surface area contributed by atoms with Crippen LogP contribution in [-0.2, 0) is 17.9 Å². The lowest BCUT2D eigenvalue weighted by Gasteiger charge is -2.28. The van der Waals surface area contributed by atoms with Gasteiger partial charge in [-0.15, -0.1) is 11.3 Å². The van der Waals surface area contributed by atoms with Crippen LogP contribution in [0, 0.1) is 12.7 Å². The number of ether oxygens (including phenoxy) is 1. The van der Waals surface area contributed by atoms with E-state index in [0.29, 0.717) is 25.4 Å². The first-order valence-electron chi connectivity index (χ1n) is 11.8. The van der Waals surface area contributed by atoms with E-state index in [4.69, 9.17) is 4.74 Å². The highest BCUT2D eigenvalue weighted by Gasteiger charge is 2.35. The van der Waals surface area contributed by atoms with Crippen molar-refractivity contribution < 1.29 is 18.7 Å². The van der Waals surface area contributed by atoms with Crippen molar-refractivity contribution in [3.05, 3.63) is 81.8 Å². The standard InChI is InChI=1S/C27H30FN3O3S/c1-3-34-24-12-8-22(9-13-24)29-27(33)31(23-10-11-23)18-26(32)30(17-25-19(2)14-15-35-25)16-20-4-6-21(28)7-5-20/h4-9,12-15,23H,3,10-11,16-18H2,1-2H3,(H,29,33). The average molecular weight is 496 g/mol. The summed E-state index contributed by atoms with van der Waals surface area (Å²) in [6, 6.07) is 15.1. The van der Waals surface area contributed by atoms with Gasteiger partial charge in [0, 0.05) is 23.2 Å². The number of urea groups is 1. The van der Waals surface area contributed by atoms with E-state index >= 15 is 0 Å². The van der Waals surface area contributed by atoms with Gasteiger partial charge >= 0.3 is 6.03 Å². The Balaban J connectivity index is 1.46. The molecule has 0 atom stereocenters. The molecule has 6 nitrogen and oxygen atoms in total. The van der Waals surface area contributed by atoms with Gasteiger partial charge in [0.15, 0.2) is 0 Å². The van der Waals surface area contributed by atoms with E-state index in [1.54, 1.807) is 57.5 Å². The molecule has 4 rings (SSSR count). The molecule has 2 aromatic carbocycles. The van der Waals surface area contributed by atoms with Gasteiger partial charge in [-0.2, -0.15) is 0 Å². The number of carbonyl (C=O) groups excluding carboxylic acids is 2. The van der Waals surface area contributed by atoms with Crippen molar-refractivity contribution in [1.82, 2.24) is 9.80 Å². The van der Waals surface area contributed by atoms with Crippen LogP contribution >= 0.6 is 11.3 Å². The quantitative estimate of drug-likeness (QED) is 0.386. The van der Waals surface area contributed by atoms with Crippen molar-refractivity contribution in [1.29, 1.82) is 0 Å². The molecular weight excluding hydrogens is 465 g/mol. The molecule has 184 valence electrons. The number of anilines is 1. The predicted octanol–water partition coefficient (Wildman–Crippen LogP) is 5.82. The Labute approximate surface area is 209 Å². The van der Waals surface area contributed by atoms with Gasteiger partial charge < -0.3 is 19.9 Å². The number of rotatable bonds is 10. The summed E-state index contributed by atoms with van der Waals surface area (Å²) in [5, 5.41) is 4.91. The van der Waals surface area contributed by atoms with Crippen molar-refractivity contribution in [2.75, 3.05) is 18.5 Å². The molecule has 0 saturated heterocycles. The number of carbonyl (C=O) groups is 2. The number of nitrogens with one attached hydrogen (secondary N) is 1.